The van der Waals surface area contributed by atoms with Crippen LogP contribution in [-0.2, 0) is 0 Å². The van der Waals surface area contributed by atoms with Crippen LogP contribution in [0, 0.1) is 10.8 Å². The van der Waals surface area contributed by atoms with Gasteiger partial charge in [0.1, 0.15) is 0 Å². The maximum atomic E-state index is 8.06. The van der Waals surface area contributed by atoms with E-state index in [9.17, 15) is 0 Å². The van der Waals surface area contributed by atoms with E-state index >= 15 is 0 Å². The third-order valence-corrected chi connectivity index (χ3v) is 8.38. The zero-order valence-electron chi connectivity index (χ0n) is 30.4. The molecular weight excluding hydrogens is 532 g/mol. The Kier molecular flexibility index (Phi) is 17.3. The van der Waals surface area contributed by atoms with E-state index in [1.54, 1.807) is 25.0 Å². The van der Waals surface area contributed by atoms with Crippen molar-refractivity contribution in [2.75, 3.05) is 0 Å². The van der Waals surface area contributed by atoms with Gasteiger partial charge in [-0.2, -0.15) is 0 Å². The highest BCUT2D eigenvalue weighted by atomic mass is 16.3. The van der Waals surface area contributed by atoms with Crippen LogP contribution in [0.25, 0.3) is 0 Å². The molecule has 0 amide bonds. The standard InChI is InChI=1S/C40H56.C3H8O/c1-31(19-13-21-33(3)25-27-37-35(5)23-15-29-39(37,7)8)17-11-12-18-32(2)20-14-22-34(4)26-28-38-36(6)24-16-30-40(38,9)10;1-3(2)4/h11-14,17-22,25-28H,15-16,23-24,29-30H2,1-10H3;3-4H,1-2H3/b12-11+,19-13+,20-14+,27-25+,28-26+,31-17+,32-18+,33-21+,34-22+;. The SMILES string of the molecule is CC(C)O.CC1=C(/C=C/C(C)=C/C=C/C(C)=C/C=C/C=C(C)/C=C/C=C(C)/C=C/C2=C(C)CCCC2(C)C)C(C)(C)CCC1. The van der Waals surface area contributed by atoms with E-state index in [1.807, 2.05) is 0 Å². The van der Waals surface area contributed by atoms with E-state index < -0.39 is 0 Å². The third kappa shape index (κ3) is 15.7. The molecular formula is C43H64O. The molecule has 0 bridgehead atoms. The maximum Gasteiger partial charge on any atom is 0.0483 e. The van der Waals surface area contributed by atoms with Crippen molar-refractivity contribution in [3.05, 3.63) is 130 Å². The predicted molar refractivity (Wildman–Crippen MR) is 199 cm³/mol. The summed E-state index contributed by atoms with van der Waals surface area (Å²) in [5.74, 6) is 0. The number of aliphatic hydroxyl groups excluding tert-OH is 1. The highest BCUT2D eigenvalue weighted by Crippen LogP contribution is 2.41. The minimum Gasteiger partial charge on any atom is -0.394 e. The van der Waals surface area contributed by atoms with Gasteiger partial charge in [0, 0.05) is 6.10 Å². The summed E-state index contributed by atoms with van der Waals surface area (Å²) in [6.07, 6.45) is 38.2. The summed E-state index contributed by atoms with van der Waals surface area (Å²) in [4.78, 5) is 0. The normalized spacial score (nSPS) is 20.8. The van der Waals surface area contributed by atoms with E-state index in [2.05, 4.69) is 154 Å². The first-order chi connectivity index (χ1) is 20.5. The topological polar surface area (TPSA) is 20.2 Å². The first kappa shape index (κ1) is 39.1. The van der Waals surface area contributed by atoms with Crippen LogP contribution in [-0.4, -0.2) is 11.2 Å². The number of allylic oxidation sites excluding steroid dienone is 22. The summed E-state index contributed by atoms with van der Waals surface area (Å²) in [5, 5.41) is 8.06. The number of rotatable bonds is 10. The van der Waals surface area contributed by atoms with Crippen molar-refractivity contribution < 1.29 is 5.11 Å². The Morgan fingerprint density at radius 3 is 1.18 bits per heavy atom. The summed E-state index contributed by atoms with van der Waals surface area (Å²) in [7, 11) is 0. The highest BCUT2D eigenvalue weighted by molar-refractivity contribution is 5.39. The van der Waals surface area contributed by atoms with Crippen LogP contribution in [0.2, 0.25) is 0 Å². The smallest absolute Gasteiger partial charge is 0.0483 e. The van der Waals surface area contributed by atoms with Crippen LogP contribution in [0.4, 0.5) is 0 Å². The van der Waals surface area contributed by atoms with Crippen LogP contribution in [0.15, 0.2) is 130 Å². The zero-order valence-corrected chi connectivity index (χ0v) is 30.4. The minimum atomic E-state index is -0.167. The van der Waals surface area contributed by atoms with Gasteiger partial charge in [-0.25, -0.2) is 0 Å². The molecule has 2 rings (SSSR count). The summed E-state index contributed by atoms with van der Waals surface area (Å²) >= 11 is 0. The van der Waals surface area contributed by atoms with E-state index in [0.717, 1.165) is 0 Å². The van der Waals surface area contributed by atoms with Crippen molar-refractivity contribution in [1.29, 1.82) is 0 Å². The molecule has 0 saturated carbocycles. The van der Waals surface area contributed by atoms with Crippen LogP contribution in [0.3, 0.4) is 0 Å². The van der Waals surface area contributed by atoms with Crippen molar-refractivity contribution >= 4 is 0 Å². The Hall–Kier alpha value is -2.90. The van der Waals surface area contributed by atoms with Gasteiger partial charge in [-0.15, -0.1) is 0 Å². The summed E-state index contributed by atoms with van der Waals surface area (Å²) < 4.78 is 0. The largest absolute Gasteiger partial charge is 0.394 e. The number of aliphatic hydroxyl groups is 1. The van der Waals surface area contributed by atoms with Crippen molar-refractivity contribution in [3.8, 4) is 0 Å². The van der Waals surface area contributed by atoms with Crippen molar-refractivity contribution in [3.63, 3.8) is 0 Å². The van der Waals surface area contributed by atoms with Gasteiger partial charge >= 0.3 is 0 Å². The van der Waals surface area contributed by atoms with E-state index in [0.29, 0.717) is 10.8 Å². The third-order valence-electron chi connectivity index (χ3n) is 8.38. The number of hydrogen-bond acceptors (Lipinski definition) is 1. The molecule has 0 spiro atoms. The maximum absolute atomic E-state index is 8.06. The summed E-state index contributed by atoms with van der Waals surface area (Å²) in [6.45, 7) is 26.2. The molecule has 0 heterocycles. The van der Waals surface area contributed by atoms with Gasteiger partial charge < -0.3 is 5.11 Å². The first-order valence-corrected chi connectivity index (χ1v) is 16.7. The fourth-order valence-corrected chi connectivity index (χ4v) is 5.79. The molecule has 2 aliphatic rings. The molecule has 0 aromatic carbocycles. The van der Waals surface area contributed by atoms with Crippen LogP contribution < -0.4 is 0 Å². The molecule has 0 radical (unpaired) electrons. The van der Waals surface area contributed by atoms with Gasteiger partial charge in [-0.05, 0) is 116 Å². The van der Waals surface area contributed by atoms with E-state index in [4.69, 9.17) is 5.11 Å². The van der Waals surface area contributed by atoms with E-state index in [1.165, 1.54) is 72.0 Å². The monoisotopic (exact) mass is 596 g/mol. The van der Waals surface area contributed by atoms with Crippen molar-refractivity contribution in [1.82, 2.24) is 0 Å². The Morgan fingerprint density at radius 2 is 0.864 bits per heavy atom. The minimum absolute atomic E-state index is 0.167. The summed E-state index contributed by atoms with van der Waals surface area (Å²) in [5.41, 5.74) is 11.7. The fraction of sp³-hybridized carbons (Fsp3) is 0.488. The van der Waals surface area contributed by atoms with Gasteiger partial charge in [0.25, 0.3) is 0 Å². The molecule has 1 heteroatoms. The molecule has 2 aliphatic carbocycles. The Bertz CT molecular complexity index is 1170. The average molecular weight is 597 g/mol. The first-order valence-electron chi connectivity index (χ1n) is 16.7. The van der Waals surface area contributed by atoms with Crippen LogP contribution in [0.5, 0.6) is 0 Å². The molecule has 1 N–H and O–H groups in total. The second-order valence-corrected chi connectivity index (χ2v) is 14.4. The van der Waals surface area contributed by atoms with Crippen molar-refractivity contribution in [2.45, 2.75) is 128 Å². The molecule has 44 heavy (non-hydrogen) atoms. The van der Waals surface area contributed by atoms with Gasteiger partial charge in [0.15, 0.2) is 0 Å². The molecule has 0 atom stereocenters. The molecule has 242 valence electrons. The second kappa shape index (κ2) is 19.5. The van der Waals surface area contributed by atoms with Crippen molar-refractivity contribution in [2.24, 2.45) is 10.8 Å². The van der Waals surface area contributed by atoms with E-state index in [-0.39, 0.29) is 6.10 Å². The number of hydrogen-bond donors (Lipinski definition) is 1. The van der Waals surface area contributed by atoms with Crippen LogP contribution in [0.1, 0.15) is 122 Å². The van der Waals surface area contributed by atoms with Gasteiger partial charge in [0.2, 0.25) is 0 Å². The molecule has 0 unspecified atom stereocenters. The fourth-order valence-electron chi connectivity index (χ4n) is 5.79. The molecule has 0 fully saturated rings. The van der Waals surface area contributed by atoms with Crippen LogP contribution >= 0.6 is 0 Å². The molecule has 1 nitrogen and oxygen atoms in total. The highest BCUT2D eigenvalue weighted by Gasteiger charge is 2.27. The Morgan fingerprint density at radius 1 is 0.568 bits per heavy atom. The average Bonchev–Trinajstić information content (AvgIpc) is 2.89. The van der Waals surface area contributed by atoms with Gasteiger partial charge in [-0.1, -0.05) is 146 Å². The Balaban J connectivity index is 0.00000227. The summed E-state index contributed by atoms with van der Waals surface area (Å²) in [6, 6.07) is 0. The lowest BCUT2D eigenvalue weighted by atomic mass is 9.72. The Labute approximate surface area is 272 Å². The lowest BCUT2D eigenvalue weighted by molar-refractivity contribution is 0.216. The zero-order chi connectivity index (χ0) is 33.3. The lowest BCUT2D eigenvalue weighted by Gasteiger charge is -2.33. The lowest BCUT2D eigenvalue weighted by Crippen LogP contribution is -2.19. The molecule has 0 aliphatic heterocycles. The molecule has 0 saturated heterocycles. The predicted octanol–water partition coefficient (Wildman–Crippen LogP) is 13.0. The molecule has 0 aromatic heterocycles. The van der Waals surface area contributed by atoms with Gasteiger partial charge in [-0.3, -0.25) is 0 Å². The second-order valence-electron chi connectivity index (χ2n) is 14.4. The van der Waals surface area contributed by atoms with Gasteiger partial charge in [0.05, 0.1) is 0 Å². The molecule has 0 aromatic rings. The quantitative estimate of drug-likeness (QED) is 0.249.